The van der Waals surface area contributed by atoms with Gasteiger partial charge in [-0.15, -0.1) is 6.42 Å². The number of hydrogen-bond donors (Lipinski definition) is 1. The summed E-state index contributed by atoms with van der Waals surface area (Å²) in [4.78, 5) is 12.3. The first-order valence-corrected chi connectivity index (χ1v) is 6.72. The largest absolute Gasteiger partial charge is 0.465 e. The smallest absolute Gasteiger partial charge is 0.407 e. The van der Waals surface area contributed by atoms with Crippen LogP contribution in [-0.4, -0.2) is 29.2 Å². The summed E-state index contributed by atoms with van der Waals surface area (Å²) in [5, 5.41) is 8.89. The highest BCUT2D eigenvalue weighted by Crippen LogP contribution is 2.22. The molecular weight excluding hydrogens is 238 g/mol. The number of nitrogens with zero attached hydrogens (tertiary/aromatic N) is 1. The number of carbonyl (C=O) groups is 1. The molecule has 0 aromatic heterocycles. The van der Waals surface area contributed by atoms with Crippen molar-refractivity contribution in [3.63, 3.8) is 0 Å². The predicted octanol–water partition coefficient (Wildman–Crippen LogP) is 2.99. The van der Waals surface area contributed by atoms with Gasteiger partial charge in [-0.05, 0) is 49.3 Å². The molecule has 0 unspecified atom stereocenters. The van der Waals surface area contributed by atoms with E-state index in [2.05, 4.69) is 18.1 Å². The minimum Gasteiger partial charge on any atom is -0.465 e. The van der Waals surface area contributed by atoms with E-state index in [1.165, 1.54) is 10.5 Å². The van der Waals surface area contributed by atoms with Gasteiger partial charge in [-0.3, -0.25) is 0 Å². The maximum absolute atomic E-state index is 10.8. The average molecular weight is 257 g/mol. The average Bonchev–Trinajstić information content (AvgIpc) is 2.46. The van der Waals surface area contributed by atoms with Crippen LogP contribution >= 0.6 is 0 Å². The van der Waals surface area contributed by atoms with Crippen LogP contribution in [0.15, 0.2) is 24.3 Å². The molecule has 1 fully saturated rings. The summed E-state index contributed by atoms with van der Waals surface area (Å²) in [7, 11) is 0. The molecule has 0 atom stereocenters. The Balaban J connectivity index is 1.77. The first-order valence-electron chi connectivity index (χ1n) is 6.72. The summed E-state index contributed by atoms with van der Waals surface area (Å²) in [6.45, 7) is 1.35. The molecule has 2 rings (SSSR count). The molecule has 0 radical (unpaired) electrons. The molecule has 3 heteroatoms. The van der Waals surface area contributed by atoms with Crippen LogP contribution in [0, 0.1) is 18.3 Å². The van der Waals surface area contributed by atoms with Crippen LogP contribution in [0.2, 0.25) is 0 Å². The molecule has 0 bridgehead atoms. The van der Waals surface area contributed by atoms with E-state index in [0.29, 0.717) is 19.0 Å². The Bertz CT molecular complexity index is 465. The highest BCUT2D eigenvalue weighted by molar-refractivity contribution is 5.64. The van der Waals surface area contributed by atoms with Gasteiger partial charge in [-0.1, -0.05) is 18.1 Å². The first kappa shape index (κ1) is 13.5. The number of piperidine rings is 1. The van der Waals surface area contributed by atoms with Gasteiger partial charge in [0, 0.05) is 18.7 Å². The fourth-order valence-corrected chi connectivity index (χ4v) is 2.55. The molecule has 1 aliphatic rings. The van der Waals surface area contributed by atoms with E-state index in [-0.39, 0.29) is 0 Å². The van der Waals surface area contributed by atoms with Crippen LogP contribution in [-0.2, 0) is 6.42 Å². The lowest BCUT2D eigenvalue weighted by atomic mass is 9.90. The summed E-state index contributed by atoms with van der Waals surface area (Å²) in [6, 6.07) is 8.12. The maximum Gasteiger partial charge on any atom is 0.407 e. The monoisotopic (exact) mass is 257 g/mol. The second kappa shape index (κ2) is 6.29. The Morgan fingerprint density at radius 2 is 1.95 bits per heavy atom. The normalized spacial score (nSPS) is 16.1. The zero-order valence-corrected chi connectivity index (χ0v) is 11.0. The van der Waals surface area contributed by atoms with Gasteiger partial charge in [0.05, 0.1) is 0 Å². The molecular formula is C16H19NO2. The van der Waals surface area contributed by atoms with Crippen molar-refractivity contribution in [3.05, 3.63) is 35.4 Å². The van der Waals surface area contributed by atoms with Crippen molar-refractivity contribution in [2.24, 2.45) is 5.92 Å². The highest BCUT2D eigenvalue weighted by atomic mass is 16.4. The topological polar surface area (TPSA) is 40.5 Å². The van der Waals surface area contributed by atoms with Crippen LogP contribution < -0.4 is 0 Å². The summed E-state index contributed by atoms with van der Waals surface area (Å²) in [5.41, 5.74) is 2.22. The summed E-state index contributed by atoms with van der Waals surface area (Å²) in [6.07, 6.45) is 8.67. The molecule has 0 aliphatic carbocycles. The molecule has 3 nitrogen and oxygen atoms in total. The third kappa shape index (κ3) is 3.75. The molecule has 0 saturated carbocycles. The van der Waals surface area contributed by atoms with Crippen LogP contribution in [0.1, 0.15) is 30.4 Å². The van der Waals surface area contributed by atoms with Crippen molar-refractivity contribution in [1.29, 1.82) is 0 Å². The predicted molar refractivity (Wildman–Crippen MR) is 75.0 cm³/mol. The van der Waals surface area contributed by atoms with Gasteiger partial charge in [0.15, 0.2) is 0 Å². The van der Waals surface area contributed by atoms with Crippen molar-refractivity contribution >= 4 is 6.09 Å². The molecule has 1 saturated heterocycles. The highest BCUT2D eigenvalue weighted by Gasteiger charge is 2.21. The van der Waals surface area contributed by atoms with Gasteiger partial charge < -0.3 is 10.0 Å². The summed E-state index contributed by atoms with van der Waals surface area (Å²) in [5.74, 6) is 3.26. The molecule has 0 spiro atoms. The van der Waals surface area contributed by atoms with Gasteiger partial charge in [0.25, 0.3) is 0 Å². The number of carboxylic acid groups (broad SMARTS) is 1. The number of benzene rings is 1. The minimum absolute atomic E-state index is 0.642. The second-order valence-corrected chi connectivity index (χ2v) is 5.09. The number of terminal acetylenes is 1. The Hall–Kier alpha value is -1.95. The van der Waals surface area contributed by atoms with Gasteiger partial charge in [-0.2, -0.15) is 0 Å². The van der Waals surface area contributed by atoms with Crippen molar-refractivity contribution in [2.75, 3.05) is 13.1 Å². The van der Waals surface area contributed by atoms with E-state index >= 15 is 0 Å². The quantitative estimate of drug-likeness (QED) is 0.846. The number of likely N-dealkylation sites (tertiary alicyclic amines) is 1. The second-order valence-electron chi connectivity index (χ2n) is 5.09. The third-order valence-corrected chi connectivity index (χ3v) is 3.85. The molecule has 1 amide bonds. The SMILES string of the molecule is C#Cc1ccc(CCC2CCN(C(=O)O)CC2)cc1. The van der Waals surface area contributed by atoms with Gasteiger partial charge in [0.1, 0.15) is 0 Å². The van der Waals surface area contributed by atoms with Crippen molar-refractivity contribution in [3.8, 4) is 12.3 Å². The lowest BCUT2D eigenvalue weighted by Crippen LogP contribution is -2.37. The van der Waals surface area contributed by atoms with Crippen molar-refractivity contribution in [1.82, 2.24) is 4.90 Å². The molecule has 1 aromatic rings. The Morgan fingerprint density at radius 1 is 1.32 bits per heavy atom. The Kier molecular flexibility index (Phi) is 4.46. The van der Waals surface area contributed by atoms with E-state index in [1.54, 1.807) is 0 Å². The van der Waals surface area contributed by atoms with E-state index < -0.39 is 6.09 Å². The van der Waals surface area contributed by atoms with Gasteiger partial charge in [-0.25, -0.2) is 4.79 Å². The van der Waals surface area contributed by atoms with Crippen LogP contribution in [0.25, 0.3) is 0 Å². The van der Waals surface area contributed by atoms with Gasteiger partial charge >= 0.3 is 6.09 Å². The molecule has 19 heavy (non-hydrogen) atoms. The van der Waals surface area contributed by atoms with Crippen LogP contribution in [0.5, 0.6) is 0 Å². The molecule has 1 heterocycles. The number of rotatable bonds is 3. The summed E-state index contributed by atoms with van der Waals surface area (Å²) >= 11 is 0. The van der Waals surface area contributed by atoms with E-state index in [4.69, 9.17) is 11.5 Å². The van der Waals surface area contributed by atoms with Crippen molar-refractivity contribution in [2.45, 2.75) is 25.7 Å². The van der Waals surface area contributed by atoms with E-state index in [9.17, 15) is 4.79 Å². The third-order valence-electron chi connectivity index (χ3n) is 3.85. The number of hydrogen-bond acceptors (Lipinski definition) is 1. The molecule has 1 aromatic carbocycles. The fourth-order valence-electron chi connectivity index (χ4n) is 2.55. The van der Waals surface area contributed by atoms with Gasteiger partial charge in [0.2, 0.25) is 0 Å². The van der Waals surface area contributed by atoms with Crippen LogP contribution in [0.4, 0.5) is 4.79 Å². The van der Waals surface area contributed by atoms with Crippen molar-refractivity contribution < 1.29 is 9.90 Å². The molecule has 100 valence electrons. The zero-order chi connectivity index (χ0) is 13.7. The minimum atomic E-state index is -0.789. The molecule has 1 aliphatic heterocycles. The van der Waals surface area contributed by atoms with Crippen LogP contribution in [0.3, 0.4) is 0 Å². The Morgan fingerprint density at radius 3 is 2.47 bits per heavy atom. The lowest BCUT2D eigenvalue weighted by molar-refractivity contribution is 0.123. The number of amides is 1. The van der Waals surface area contributed by atoms with E-state index in [1.807, 2.05) is 12.1 Å². The fraction of sp³-hybridized carbons (Fsp3) is 0.438. The zero-order valence-electron chi connectivity index (χ0n) is 11.0. The summed E-state index contributed by atoms with van der Waals surface area (Å²) < 4.78 is 0. The lowest BCUT2D eigenvalue weighted by Gasteiger charge is -2.29. The van der Waals surface area contributed by atoms with E-state index in [0.717, 1.165) is 31.2 Å². The molecule has 1 N–H and O–H groups in total. The standard InChI is InChI=1S/C16H19NO2/c1-2-13-3-5-14(6-4-13)7-8-15-9-11-17(12-10-15)16(18)19/h1,3-6,15H,7-12H2,(H,18,19). The number of aryl methyl sites for hydroxylation is 1. The maximum atomic E-state index is 10.8. The first-order chi connectivity index (χ1) is 9.19. The Labute approximate surface area is 114 Å².